The van der Waals surface area contributed by atoms with E-state index < -0.39 is 21.6 Å². The van der Waals surface area contributed by atoms with Crippen LogP contribution in [0.25, 0.3) is 0 Å². The van der Waals surface area contributed by atoms with Crippen LogP contribution in [0.1, 0.15) is 20.8 Å². The molecular formula is C7H18O2S2. The fraction of sp³-hybridized carbons (Fsp3) is 1.00. The van der Waals surface area contributed by atoms with Crippen LogP contribution < -0.4 is 0 Å². The summed E-state index contributed by atoms with van der Waals surface area (Å²) in [5, 5.41) is 0. The van der Waals surface area contributed by atoms with E-state index >= 15 is 0 Å². The molecule has 1 unspecified atom stereocenters. The van der Waals surface area contributed by atoms with Crippen LogP contribution in [0.2, 0.25) is 0 Å². The van der Waals surface area contributed by atoms with Crippen LogP contribution in [0, 0.1) is 0 Å². The van der Waals surface area contributed by atoms with Crippen molar-refractivity contribution in [3.63, 3.8) is 0 Å². The lowest BCUT2D eigenvalue weighted by molar-refractivity contribution is 0.684. The van der Waals surface area contributed by atoms with Crippen LogP contribution in [0.15, 0.2) is 0 Å². The van der Waals surface area contributed by atoms with Crippen molar-refractivity contribution in [1.29, 1.82) is 0 Å². The normalized spacial score (nSPS) is 12.1. The molecule has 0 saturated heterocycles. The van der Waals surface area contributed by atoms with E-state index in [0.29, 0.717) is 0 Å². The Hall–Kier alpha value is 0.300. The van der Waals surface area contributed by atoms with Gasteiger partial charge in [-0.2, -0.15) is 0 Å². The maximum atomic E-state index is 10.3. The van der Waals surface area contributed by atoms with Crippen molar-refractivity contribution < 1.29 is 8.42 Å². The average Bonchev–Trinajstić information content (AvgIpc) is 2.04. The lowest BCUT2D eigenvalue weighted by atomic mass is 11.0. The third-order valence-corrected chi connectivity index (χ3v) is 3.15. The van der Waals surface area contributed by atoms with E-state index in [4.69, 9.17) is 0 Å². The van der Waals surface area contributed by atoms with E-state index in [1.54, 1.807) is 6.26 Å². The van der Waals surface area contributed by atoms with Crippen LogP contribution >= 0.6 is 0 Å². The minimum atomic E-state index is -0.573. The van der Waals surface area contributed by atoms with Gasteiger partial charge in [0.25, 0.3) is 0 Å². The molecule has 0 bridgehead atoms. The summed E-state index contributed by atoms with van der Waals surface area (Å²) >= 11 is 0. The first-order chi connectivity index (χ1) is 5.08. The summed E-state index contributed by atoms with van der Waals surface area (Å²) in [5.74, 6) is 2.38. The number of rotatable bonds is 3. The second-order valence-corrected chi connectivity index (χ2v) is 5.64. The van der Waals surface area contributed by atoms with Crippen molar-refractivity contribution in [1.82, 2.24) is 0 Å². The van der Waals surface area contributed by atoms with Gasteiger partial charge in [0.1, 0.15) is 0 Å². The summed E-state index contributed by atoms with van der Waals surface area (Å²) in [6, 6.07) is 0. The largest absolute Gasteiger partial charge is 0.260 e. The van der Waals surface area contributed by atoms with Gasteiger partial charge >= 0.3 is 0 Å². The van der Waals surface area contributed by atoms with Crippen LogP contribution in [-0.4, -0.2) is 31.9 Å². The van der Waals surface area contributed by atoms with Gasteiger partial charge in [-0.05, 0) is 0 Å². The Morgan fingerprint density at radius 3 is 1.18 bits per heavy atom. The van der Waals surface area contributed by atoms with Gasteiger partial charge in [-0.25, -0.2) is 0 Å². The lowest BCUT2D eigenvalue weighted by Gasteiger charge is -1.84. The van der Waals surface area contributed by atoms with Crippen molar-refractivity contribution >= 4 is 21.6 Å². The highest BCUT2D eigenvalue weighted by Crippen LogP contribution is 1.75. The lowest BCUT2D eigenvalue weighted by Crippen LogP contribution is -1.93. The molecular weight excluding hydrogens is 180 g/mol. The van der Waals surface area contributed by atoms with Crippen molar-refractivity contribution in [3.8, 4) is 0 Å². The fourth-order valence-electron chi connectivity index (χ4n) is 0.204. The van der Waals surface area contributed by atoms with E-state index in [2.05, 4.69) is 0 Å². The second kappa shape index (κ2) is 10.3. The topological polar surface area (TPSA) is 34.1 Å². The highest BCUT2D eigenvalue weighted by atomic mass is 32.2. The molecule has 0 amide bonds. The molecule has 0 aromatic heterocycles. The fourth-order valence-corrected chi connectivity index (χ4v) is 0.612. The van der Waals surface area contributed by atoms with Crippen LogP contribution in [0.5, 0.6) is 0 Å². The van der Waals surface area contributed by atoms with Gasteiger partial charge in [0, 0.05) is 45.1 Å². The smallest absolute Gasteiger partial charge is 0.0206 e. The zero-order valence-corrected chi connectivity index (χ0v) is 9.39. The van der Waals surface area contributed by atoms with E-state index in [1.165, 1.54) is 0 Å². The summed E-state index contributed by atoms with van der Waals surface area (Å²) in [6.45, 7) is 5.76. The standard InChI is InChI=1S/C4H10OS.C3H8OS/c1-3-6(5)4-2;1-3-5(2)4/h3-4H2,1-2H3;3H2,1-2H3. The molecule has 0 aliphatic rings. The highest BCUT2D eigenvalue weighted by Gasteiger charge is 1.83. The van der Waals surface area contributed by atoms with Crippen LogP contribution in [0.4, 0.5) is 0 Å². The van der Waals surface area contributed by atoms with E-state index in [-0.39, 0.29) is 0 Å². The zero-order chi connectivity index (χ0) is 9.28. The Morgan fingerprint density at radius 1 is 0.909 bits per heavy atom. The number of hydrogen-bond acceptors (Lipinski definition) is 2. The third kappa shape index (κ3) is 17.9. The van der Waals surface area contributed by atoms with Gasteiger partial charge in [-0.15, -0.1) is 0 Å². The molecule has 4 heteroatoms. The van der Waals surface area contributed by atoms with Crippen LogP contribution in [0.3, 0.4) is 0 Å². The molecule has 0 aliphatic carbocycles. The first kappa shape index (κ1) is 13.9. The molecule has 0 radical (unpaired) electrons. The summed E-state index contributed by atoms with van der Waals surface area (Å²) in [6.07, 6.45) is 1.69. The molecule has 0 aliphatic heterocycles. The molecule has 0 saturated carbocycles. The van der Waals surface area contributed by atoms with Gasteiger partial charge in [-0.3, -0.25) is 8.42 Å². The van der Waals surface area contributed by atoms with E-state index in [1.807, 2.05) is 20.8 Å². The van der Waals surface area contributed by atoms with Crippen molar-refractivity contribution in [2.24, 2.45) is 0 Å². The van der Waals surface area contributed by atoms with Gasteiger partial charge in [0.2, 0.25) is 0 Å². The van der Waals surface area contributed by atoms with Gasteiger partial charge in [0.15, 0.2) is 0 Å². The molecule has 2 nitrogen and oxygen atoms in total. The molecule has 0 rings (SSSR count). The quantitative estimate of drug-likeness (QED) is 0.682. The predicted octanol–water partition coefficient (Wildman–Crippen LogP) is 1.16. The second-order valence-electron chi connectivity index (χ2n) is 1.88. The number of hydrogen-bond donors (Lipinski definition) is 0. The Labute approximate surface area is 74.7 Å². The molecule has 0 aromatic rings. The van der Waals surface area contributed by atoms with Crippen molar-refractivity contribution in [2.45, 2.75) is 20.8 Å². The molecule has 11 heavy (non-hydrogen) atoms. The van der Waals surface area contributed by atoms with Crippen LogP contribution in [-0.2, 0) is 21.6 Å². The SMILES string of the molecule is CCS(=O)CC.CCS(C)=O. The monoisotopic (exact) mass is 198 g/mol. The molecule has 0 spiro atoms. The summed E-state index contributed by atoms with van der Waals surface area (Å²) in [4.78, 5) is 0. The minimum Gasteiger partial charge on any atom is -0.260 e. The molecule has 70 valence electrons. The minimum absolute atomic E-state index is 0.534. The Balaban J connectivity index is 0. The maximum Gasteiger partial charge on any atom is 0.0206 e. The predicted molar refractivity (Wildman–Crippen MR) is 53.8 cm³/mol. The molecule has 0 aromatic carbocycles. The van der Waals surface area contributed by atoms with Crippen molar-refractivity contribution in [2.75, 3.05) is 23.5 Å². The summed E-state index contributed by atoms with van der Waals surface area (Å²) in [5.41, 5.74) is 0. The van der Waals surface area contributed by atoms with E-state index in [9.17, 15) is 8.42 Å². The molecule has 1 atom stereocenters. The van der Waals surface area contributed by atoms with Crippen molar-refractivity contribution in [3.05, 3.63) is 0 Å². The van der Waals surface area contributed by atoms with Gasteiger partial charge in [-0.1, -0.05) is 20.8 Å². The Morgan fingerprint density at radius 2 is 1.18 bits per heavy atom. The Bertz CT molecular complexity index is 118. The molecule has 0 fully saturated rings. The highest BCUT2D eigenvalue weighted by molar-refractivity contribution is 7.84. The average molecular weight is 198 g/mol. The maximum absolute atomic E-state index is 10.3. The first-order valence-electron chi connectivity index (χ1n) is 3.73. The Kier molecular flexibility index (Phi) is 13.0. The first-order valence-corrected chi connectivity index (χ1v) is 6.94. The van der Waals surface area contributed by atoms with Gasteiger partial charge in [0.05, 0.1) is 0 Å². The molecule has 0 heterocycles. The third-order valence-electron chi connectivity index (χ3n) is 1.05. The summed E-state index contributed by atoms with van der Waals surface area (Å²) in [7, 11) is -1.11. The van der Waals surface area contributed by atoms with E-state index in [0.717, 1.165) is 17.3 Å². The summed E-state index contributed by atoms with van der Waals surface area (Å²) < 4.78 is 20.2. The zero-order valence-electron chi connectivity index (χ0n) is 7.75. The van der Waals surface area contributed by atoms with Gasteiger partial charge < -0.3 is 0 Å². The molecule has 0 N–H and O–H groups in total.